The number of imide groups is 1. The van der Waals surface area contributed by atoms with Crippen molar-refractivity contribution in [3.05, 3.63) is 59.1 Å². The quantitative estimate of drug-likeness (QED) is 0.788. The molecule has 136 valence electrons. The monoisotopic (exact) mass is 374 g/mol. The van der Waals surface area contributed by atoms with Crippen molar-refractivity contribution in [2.75, 3.05) is 20.3 Å². The van der Waals surface area contributed by atoms with Crippen molar-refractivity contribution in [1.82, 2.24) is 10.2 Å². The highest BCUT2D eigenvalue weighted by atomic mass is 35.5. The van der Waals surface area contributed by atoms with Crippen molar-refractivity contribution in [2.24, 2.45) is 0 Å². The van der Waals surface area contributed by atoms with E-state index in [1.54, 1.807) is 62.6 Å². The molecule has 0 spiro atoms. The Hall–Kier alpha value is -2.73. The summed E-state index contributed by atoms with van der Waals surface area (Å²) in [7, 11) is 1.57. The second kappa shape index (κ2) is 7.25. The lowest BCUT2D eigenvalue weighted by Gasteiger charge is -2.22. The molecule has 1 heterocycles. The number of amides is 3. The molecule has 1 atom stereocenters. The molecule has 0 saturated carbocycles. The van der Waals surface area contributed by atoms with Gasteiger partial charge in [-0.25, -0.2) is 4.79 Å². The minimum absolute atomic E-state index is 0.127. The molecule has 1 N–H and O–H groups in total. The van der Waals surface area contributed by atoms with Gasteiger partial charge in [-0.05, 0) is 36.8 Å². The number of nitrogens with one attached hydrogen (secondary N) is 1. The third-order valence-electron chi connectivity index (χ3n) is 4.35. The SMILES string of the molecule is COc1ccc(C2(C)NC(=O)N(CCOc3ccccc3Cl)C2=O)cc1. The molecule has 3 amide bonds. The van der Waals surface area contributed by atoms with Crippen LogP contribution in [-0.4, -0.2) is 37.1 Å². The predicted octanol–water partition coefficient (Wildman–Crippen LogP) is 3.19. The molecule has 0 radical (unpaired) electrons. The predicted molar refractivity (Wildman–Crippen MR) is 97.5 cm³/mol. The van der Waals surface area contributed by atoms with Gasteiger partial charge in [0.1, 0.15) is 23.6 Å². The Kier molecular flexibility index (Phi) is 5.04. The van der Waals surface area contributed by atoms with Crippen LogP contribution in [0.3, 0.4) is 0 Å². The zero-order valence-electron chi connectivity index (χ0n) is 14.5. The summed E-state index contributed by atoms with van der Waals surface area (Å²) in [6.45, 7) is 1.97. The highest BCUT2D eigenvalue weighted by molar-refractivity contribution is 6.32. The van der Waals surface area contributed by atoms with Gasteiger partial charge >= 0.3 is 6.03 Å². The van der Waals surface area contributed by atoms with E-state index in [1.165, 1.54) is 0 Å². The first-order chi connectivity index (χ1) is 12.5. The second-order valence-electron chi connectivity index (χ2n) is 6.02. The van der Waals surface area contributed by atoms with Crippen LogP contribution in [0.5, 0.6) is 11.5 Å². The van der Waals surface area contributed by atoms with Crippen LogP contribution in [0.15, 0.2) is 48.5 Å². The highest BCUT2D eigenvalue weighted by Gasteiger charge is 2.48. The Balaban J connectivity index is 1.69. The molecule has 6 nitrogen and oxygen atoms in total. The van der Waals surface area contributed by atoms with Crippen LogP contribution in [0.2, 0.25) is 5.02 Å². The maximum absolute atomic E-state index is 12.8. The highest BCUT2D eigenvalue weighted by Crippen LogP contribution is 2.30. The Morgan fingerprint density at radius 3 is 2.46 bits per heavy atom. The Labute approximate surface area is 156 Å². The summed E-state index contributed by atoms with van der Waals surface area (Å²) in [5.41, 5.74) is -0.431. The van der Waals surface area contributed by atoms with Gasteiger partial charge in [-0.3, -0.25) is 9.69 Å². The second-order valence-corrected chi connectivity index (χ2v) is 6.43. The summed E-state index contributed by atoms with van der Waals surface area (Å²) in [5.74, 6) is 0.869. The average molecular weight is 375 g/mol. The van der Waals surface area contributed by atoms with Crippen LogP contribution in [0, 0.1) is 0 Å². The number of hydrogen-bond donors (Lipinski definition) is 1. The standard InChI is InChI=1S/C19H19ClN2O4/c1-19(13-7-9-14(25-2)10-8-13)17(23)22(18(24)21-19)11-12-26-16-6-4-3-5-15(16)20/h3-10H,11-12H2,1-2H3,(H,21,24). The van der Waals surface area contributed by atoms with E-state index in [2.05, 4.69) is 5.32 Å². The fourth-order valence-corrected chi connectivity index (χ4v) is 3.02. The van der Waals surface area contributed by atoms with Gasteiger partial charge in [-0.15, -0.1) is 0 Å². The van der Waals surface area contributed by atoms with Gasteiger partial charge in [0.15, 0.2) is 0 Å². The van der Waals surface area contributed by atoms with E-state index >= 15 is 0 Å². The first kappa shape index (κ1) is 18.1. The van der Waals surface area contributed by atoms with E-state index < -0.39 is 11.6 Å². The number of urea groups is 1. The molecule has 1 saturated heterocycles. The summed E-state index contributed by atoms with van der Waals surface area (Å²) < 4.78 is 10.7. The van der Waals surface area contributed by atoms with Gasteiger partial charge in [-0.2, -0.15) is 0 Å². The Bertz CT molecular complexity index is 825. The number of hydrogen-bond acceptors (Lipinski definition) is 4. The number of carbonyl (C=O) groups is 2. The number of para-hydroxylation sites is 1. The van der Waals surface area contributed by atoms with Gasteiger partial charge in [0.05, 0.1) is 18.7 Å². The van der Waals surface area contributed by atoms with Crippen LogP contribution in [0.1, 0.15) is 12.5 Å². The summed E-state index contributed by atoms with van der Waals surface area (Å²) in [6.07, 6.45) is 0. The largest absolute Gasteiger partial charge is 0.497 e. The van der Waals surface area contributed by atoms with Crippen LogP contribution in [-0.2, 0) is 10.3 Å². The minimum Gasteiger partial charge on any atom is -0.497 e. The molecule has 0 aliphatic carbocycles. The topological polar surface area (TPSA) is 67.9 Å². The zero-order valence-corrected chi connectivity index (χ0v) is 15.2. The maximum atomic E-state index is 12.8. The first-order valence-electron chi connectivity index (χ1n) is 8.11. The molecule has 26 heavy (non-hydrogen) atoms. The van der Waals surface area contributed by atoms with Crippen molar-refractivity contribution in [2.45, 2.75) is 12.5 Å². The Morgan fingerprint density at radius 1 is 1.12 bits per heavy atom. The number of methoxy groups -OCH3 is 1. The van der Waals surface area contributed by atoms with Crippen LogP contribution < -0.4 is 14.8 Å². The Morgan fingerprint density at radius 2 is 1.81 bits per heavy atom. The van der Waals surface area contributed by atoms with E-state index in [0.29, 0.717) is 22.1 Å². The number of rotatable bonds is 6. The molecule has 1 aliphatic heterocycles. The van der Waals surface area contributed by atoms with Crippen molar-refractivity contribution in [3.63, 3.8) is 0 Å². The molecule has 3 rings (SSSR count). The maximum Gasteiger partial charge on any atom is 0.325 e. The molecule has 1 unspecified atom stereocenters. The lowest BCUT2D eigenvalue weighted by Crippen LogP contribution is -2.41. The number of benzene rings is 2. The van der Waals surface area contributed by atoms with E-state index in [4.69, 9.17) is 21.1 Å². The smallest absolute Gasteiger partial charge is 0.325 e. The molecule has 7 heteroatoms. The van der Waals surface area contributed by atoms with Gasteiger partial charge in [0, 0.05) is 0 Å². The molecule has 1 fully saturated rings. The fourth-order valence-electron chi connectivity index (χ4n) is 2.83. The summed E-state index contributed by atoms with van der Waals surface area (Å²) in [6, 6.07) is 13.6. The third kappa shape index (κ3) is 3.32. The molecule has 2 aromatic rings. The minimum atomic E-state index is -1.12. The van der Waals surface area contributed by atoms with Gasteiger partial charge < -0.3 is 14.8 Å². The molecule has 0 bridgehead atoms. The molecule has 1 aliphatic rings. The van der Waals surface area contributed by atoms with Gasteiger partial charge in [-0.1, -0.05) is 35.9 Å². The van der Waals surface area contributed by atoms with E-state index in [0.717, 1.165) is 4.90 Å². The summed E-state index contributed by atoms with van der Waals surface area (Å²) >= 11 is 6.03. The van der Waals surface area contributed by atoms with Crippen LogP contribution in [0.4, 0.5) is 4.79 Å². The van der Waals surface area contributed by atoms with Crippen LogP contribution >= 0.6 is 11.6 Å². The van der Waals surface area contributed by atoms with Gasteiger partial charge in [0.2, 0.25) is 0 Å². The number of carbonyl (C=O) groups excluding carboxylic acids is 2. The van der Waals surface area contributed by atoms with Crippen molar-refractivity contribution in [3.8, 4) is 11.5 Å². The molecule has 0 aromatic heterocycles. The van der Waals surface area contributed by atoms with Crippen molar-refractivity contribution >= 4 is 23.5 Å². The van der Waals surface area contributed by atoms with E-state index in [-0.39, 0.29) is 19.1 Å². The molecular formula is C19H19ClN2O4. The number of nitrogens with zero attached hydrogens (tertiary/aromatic N) is 1. The van der Waals surface area contributed by atoms with Crippen LogP contribution in [0.25, 0.3) is 0 Å². The third-order valence-corrected chi connectivity index (χ3v) is 4.66. The van der Waals surface area contributed by atoms with Gasteiger partial charge in [0.25, 0.3) is 5.91 Å². The van der Waals surface area contributed by atoms with Crippen molar-refractivity contribution in [1.29, 1.82) is 0 Å². The molecule has 2 aromatic carbocycles. The fraction of sp³-hybridized carbons (Fsp3) is 0.263. The lowest BCUT2D eigenvalue weighted by atomic mass is 9.92. The van der Waals surface area contributed by atoms with E-state index in [1.807, 2.05) is 0 Å². The zero-order chi connectivity index (χ0) is 18.7. The summed E-state index contributed by atoms with van der Waals surface area (Å²) in [5, 5.41) is 3.24. The molecular weight excluding hydrogens is 356 g/mol. The average Bonchev–Trinajstić information content (AvgIpc) is 2.87. The number of halogens is 1. The van der Waals surface area contributed by atoms with Crippen molar-refractivity contribution < 1.29 is 19.1 Å². The lowest BCUT2D eigenvalue weighted by molar-refractivity contribution is -0.131. The summed E-state index contributed by atoms with van der Waals surface area (Å²) in [4.78, 5) is 26.3. The first-order valence-corrected chi connectivity index (χ1v) is 8.49. The number of ether oxygens (including phenoxy) is 2. The van der Waals surface area contributed by atoms with E-state index in [9.17, 15) is 9.59 Å². The normalized spacial score (nSPS) is 19.4.